The molecule has 0 saturated carbocycles. The normalized spacial score (nSPS) is 17.4. The Morgan fingerprint density at radius 2 is 2.24 bits per heavy atom. The van der Waals surface area contributed by atoms with Gasteiger partial charge in [0.1, 0.15) is 5.75 Å². The Kier molecular flexibility index (Phi) is 8.24. The maximum atomic E-state index is 12.3. The van der Waals surface area contributed by atoms with Crippen molar-refractivity contribution in [2.75, 3.05) is 45.6 Å². The minimum Gasteiger partial charge on any atom is -0.549 e. The largest absolute Gasteiger partial charge is 0.549 e. The average molecular weight is 393 g/mol. The number of halogens is 2. The van der Waals surface area contributed by atoms with Gasteiger partial charge in [0.15, 0.2) is 0 Å². The molecule has 0 radical (unpaired) electrons. The summed E-state index contributed by atoms with van der Waals surface area (Å²) in [6, 6.07) is 2.92. The standard InChI is InChI=1S/C15H20ClN3O5.ClH/c1-23-13-5-12(17)11(16)4-10(13)15(22)18-6-9-7-19(2-3-24-9)8-14(20)21;/h4-5,9H,2-3,6-8,17H2,1H3,(H,18,22)(H,20,21);1H/p-1. The van der Waals surface area contributed by atoms with E-state index in [0.717, 1.165) is 0 Å². The number of hydrogen-bond donors (Lipinski definition) is 2. The third-order valence-electron chi connectivity index (χ3n) is 3.63. The van der Waals surface area contributed by atoms with Gasteiger partial charge in [-0.15, -0.1) is 12.4 Å². The van der Waals surface area contributed by atoms with Gasteiger partial charge in [-0.2, -0.15) is 0 Å². The van der Waals surface area contributed by atoms with Crippen molar-refractivity contribution in [2.45, 2.75) is 6.10 Å². The van der Waals surface area contributed by atoms with Crippen molar-refractivity contribution in [2.24, 2.45) is 0 Å². The molecule has 1 amide bonds. The highest BCUT2D eigenvalue weighted by molar-refractivity contribution is 6.33. The molecule has 8 nitrogen and oxygen atoms in total. The summed E-state index contributed by atoms with van der Waals surface area (Å²) >= 11 is 5.95. The second-order valence-corrected chi connectivity index (χ2v) is 5.79. The number of nitrogens with two attached hydrogens (primary N) is 1. The second-order valence-electron chi connectivity index (χ2n) is 5.38. The Morgan fingerprint density at radius 3 is 2.88 bits per heavy atom. The minimum absolute atomic E-state index is 0. The molecule has 2 rings (SSSR count). The van der Waals surface area contributed by atoms with Gasteiger partial charge in [-0.1, -0.05) is 11.6 Å². The Labute approximate surface area is 156 Å². The van der Waals surface area contributed by atoms with E-state index in [1.165, 1.54) is 19.2 Å². The van der Waals surface area contributed by atoms with Crippen LogP contribution < -0.4 is 20.9 Å². The molecule has 1 atom stereocenters. The van der Waals surface area contributed by atoms with Gasteiger partial charge in [0.2, 0.25) is 0 Å². The van der Waals surface area contributed by atoms with Crippen LogP contribution in [0.4, 0.5) is 5.69 Å². The zero-order chi connectivity index (χ0) is 17.7. The lowest BCUT2D eigenvalue weighted by atomic mass is 10.1. The summed E-state index contributed by atoms with van der Waals surface area (Å²) in [7, 11) is 1.43. The second kappa shape index (κ2) is 9.67. The van der Waals surface area contributed by atoms with Gasteiger partial charge in [-0.05, 0) is 6.07 Å². The molecule has 3 N–H and O–H groups in total. The molecule has 1 unspecified atom stereocenters. The highest BCUT2D eigenvalue weighted by Gasteiger charge is 2.22. The van der Waals surface area contributed by atoms with Crippen LogP contribution in [0.5, 0.6) is 5.75 Å². The lowest BCUT2D eigenvalue weighted by molar-refractivity contribution is -0.306. The van der Waals surface area contributed by atoms with Crippen LogP contribution in [-0.2, 0) is 9.53 Å². The molecule has 1 aliphatic heterocycles. The summed E-state index contributed by atoms with van der Waals surface area (Å²) < 4.78 is 10.7. The first kappa shape index (κ1) is 21.3. The van der Waals surface area contributed by atoms with Crippen LogP contribution in [0.15, 0.2) is 12.1 Å². The van der Waals surface area contributed by atoms with E-state index in [1.54, 1.807) is 4.90 Å². The zero-order valence-corrected chi connectivity index (χ0v) is 15.2. The number of amides is 1. The number of benzene rings is 1. The predicted octanol–water partition coefficient (Wildman–Crippen LogP) is -0.467. The number of carbonyl (C=O) groups is 2. The number of nitrogens with zero attached hydrogens (tertiary/aromatic N) is 1. The number of methoxy groups -OCH3 is 1. The molecule has 1 heterocycles. The molecule has 10 heteroatoms. The fraction of sp³-hybridized carbons (Fsp3) is 0.467. The Bertz CT molecular complexity index is 629. The summed E-state index contributed by atoms with van der Waals surface area (Å²) in [6.45, 7) is 1.38. The molecular weight excluding hydrogens is 373 g/mol. The van der Waals surface area contributed by atoms with Crippen LogP contribution in [0, 0.1) is 0 Å². The third-order valence-corrected chi connectivity index (χ3v) is 3.96. The van der Waals surface area contributed by atoms with E-state index in [9.17, 15) is 14.7 Å². The lowest BCUT2D eigenvalue weighted by Crippen LogP contribution is -2.50. The number of aliphatic carboxylic acids is 1. The van der Waals surface area contributed by atoms with Gasteiger partial charge in [-0.3, -0.25) is 9.69 Å². The molecule has 1 saturated heterocycles. The molecule has 0 aromatic heterocycles. The van der Waals surface area contributed by atoms with Gasteiger partial charge in [0.25, 0.3) is 5.91 Å². The van der Waals surface area contributed by atoms with Crippen LogP contribution >= 0.6 is 24.0 Å². The summed E-state index contributed by atoms with van der Waals surface area (Å²) in [6.07, 6.45) is -0.308. The summed E-state index contributed by atoms with van der Waals surface area (Å²) in [4.78, 5) is 24.7. The molecule has 140 valence electrons. The van der Waals surface area contributed by atoms with Crippen LogP contribution in [-0.4, -0.2) is 62.8 Å². The average Bonchev–Trinajstić information content (AvgIpc) is 2.54. The Morgan fingerprint density at radius 1 is 1.52 bits per heavy atom. The van der Waals surface area contributed by atoms with E-state index in [-0.39, 0.29) is 48.1 Å². The van der Waals surface area contributed by atoms with Crippen LogP contribution in [0.3, 0.4) is 0 Å². The number of anilines is 1. The van der Waals surface area contributed by atoms with Crippen LogP contribution in [0.1, 0.15) is 10.4 Å². The van der Waals surface area contributed by atoms with Crippen molar-refractivity contribution in [3.05, 3.63) is 22.7 Å². The molecule has 1 aliphatic rings. The maximum Gasteiger partial charge on any atom is 0.255 e. The first-order chi connectivity index (χ1) is 11.4. The van der Waals surface area contributed by atoms with E-state index in [1.807, 2.05) is 0 Å². The molecule has 1 fully saturated rings. The SMILES string of the molecule is COc1cc(N)c(Cl)cc1C(=O)NCC1CN(CC(=O)[O-])CCO1.Cl. The molecule has 25 heavy (non-hydrogen) atoms. The van der Waals surface area contributed by atoms with Gasteiger partial charge < -0.3 is 30.4 Å². The lowest BCUT2D eigenvalue weighted by Gasteiger charge is -2.33. The van der Waals surface area contributed by atoms with Gasteiger partial charge >= 0.3 is 0 Å². The quantitative estimate of drug-likeness (QED) is 0.628. The number of morpholine rings is 1. The maximum absolute atomic E-state index is 12.3. The van der Waals surface area contributed by atoms with Crippen molar-refractivity contribution in [3.8, 4) is 5.75 Å². The monoisotopic (exact) mass is 392 g/mol. The zero-order valence-electron chi connectivity index (χ0n) is 13.6. The number of ether oxygens (including phenoxy) is 2. The number of nitrogen functional groups attached to an aromatic ring is 1. The number of rotatable bonds is 6. The topological polar surface area (TPSA) is 117 Å². The van der Waals surface area contributed by atoms with Crippen molar-refractivity contribution < 1.29 is 24.2 Å². The predicted molar refractivity (Wildman–Crippen MR) is 93.2 cm³/mol. The Balaban J connectivity index is 0.00000312. The van der Waals surface area contributed by atoms with E-state index in [2.05, 4.69) is 5.32 Å². The van der Waals surface area contributed by atoms with Gasteiger partial charge in [0, 0.05) is 32.2 Å². The summed E-state index contributed by atoms with van der Waals surface area (Å²) in [5.74, 6) is -1.20. The highest BCUT2D eigenvalue weighted by Crippen LogP contribution is 2.28. The number of carbonyl (C=O) groups excluding carboxylic acids is 2. The number of hydrogen-bond acceptors (Lipinski definition) is 7. The third kappa shape index (κ3) is 5.93. The van der Waals surface area contributed by atoms with E-state index < -0.39 is 5.97 Å². The van der Waals surface area contributed by atoms with Crippen molar-refractivity contribution in [1.82, 2.24) is 10.2 Å². The summed E-state index contributed by atoms with van der Waals surface area (Å²) in [5.41, 5.74) is 6.27. The fourth-order valence-corrected chi connectivity index (χ4v) is 2.61. The van der Waals surface area contributed by atoms with Gasteiger partial charge in [0.05, 0.1) is 42.1 Å². The number of carboxylic acids is 1. The number of nitrogens with one attached hydrogen (secondary N) is 1. The van der Waals surface area contributed by atoms with Crippen molar-refractivity contribution in [1.29, 1.82) is 0 Å². The van der Waals surface area contributed by atoms with Gasteiger partial charge in [-0.25, -0.2) is 0 Å². The first-order valence-electron chi connectivity index (χ1n) is 7.35. The Hall–Kier alpha value is -1.74. The van der Waals surface area contributed by atoms with E-state index in [4.69, 9.17) is 26.8 Å². The highest BCUT2D eigenvalue weighted by atomic mass is 35.5. The van der Waals surface area contributed by atoms with E-state index in [0.29, 0.717) is 31.1 Å². The van der Waals surface area contributed by atoms with Crippen LogP contribution in [0.25, 0.3) is 0 Å². The number of carboxylic acid groups (broad SMARTS) is 1. The first-order valence-corrected chi connectivity index (χ1v) is 7.73. The molecule has 0 spiro atoms. The molecule has 1 aromatic carbocycles. The smallest absolute Gasteiger partial charge is 0.255 e. The van der Waals surface area contributed by atoms with Crippen molar-refractivity contribution >= 4 is 41.6 Å². The summed E-state index contributed by atoms with van der Waals surface area (Å²) in [5, 5.41) is 13.6. The molecule has 0 aliphatic carbocycles. The van der Waals surface area contributed by atoms with Crippen LogP contribution in [0.2, 0.25) is 5.02 Å². The van der Waals surface area contributed by atoms with E-state index >= 15 is 0 Å². The molecule has 1 aromatic rings. The minimum atomic E-state index is -1.14. The molecule has 0 bridgehead atoms. The fourth-order valence-electron chi connectivity index (χ4n) is 2.45. The molecular formula is C15H20Cl2N3O5-. The van der Waals surface area contributed by atoms with Crippen molar-refractivity contribution in [3.63, 3.8) is 0 Å².